The van der Waals surface area contributed by atoms with Gasteiger partial charge in [0.2, 0.25) is 0 Å². The smallest absolute Gasteiger partial charge is 0.126 e. The second kappa shape index (κ2) is 6.95. The van der Waals surface area contributed by atoms with Gasteiger partial charge in [0.1, 0.15) is 5.82 Å². The number of ether oxygens (including phenoxy) is 1. The SMILES string of the molecule is c1ccc(CN2CCOCC2c2ncc(-c3ccncc3)[nH]2)cc1. The molecule has 1 unspecified atom stereocenters. The van der Waals surface area contributed by atoms with Crippen LogP contribution in [0.25, 0.3) is 11.3 Å². The zero-order valence-electron chi connectivity index (χ0n) is 13.4. The van der Waals surface area contributed by atoms with Gasteiger partial charge in [0.25, 0.3) is 0 Å². The van der Waals surface area contributed by atoms with E-state index in [4.69, 9.17) is 4.74 Å². The molecule has 0 radical (unpaired) electrons. The molecule has 4 rings (SSSR count). The monoisotopic (exact) mass is 320 g/mol. The first-order valence-electron chi connectivity index (χ1n) is 8.21. The summed E-state index contributed by atoms with van der Waals surface area (Å²) in [6.45, 7) is 3.24. The standard InChI is InChI=1S/C19H20N4O/c1-2-4-15(5-3-1)13-23-10-11-24-14-18(23)19-21-12-17(22-19)16-6-8-20-9-7-16/h1-9,12,18H,10-11,13-14H2,(H,21,22). The lowest BCUT2D eigenvalue weighted by atomic mass is 10.1. The molecule has 3 aromatic rings. The summed E-state index contributed by atoms with van der Waals surface area (Å²) in [6, 6.07) is 14.7. The fraction of sp³-hybridized carbons (Fsp3) is 0.263. The van der Waals surface area contributed by atoms with Crippen molar-refractivity contribution in [3.05, 3.63) is 72.4 Å². The first-order chi connectivity index (χ1) is 11.9. The van der Waals surface area contributed by atoms with Crippen molar-refractivity contribution < 1.29 is 4.74 Å². The molecule has 0 bridgehead atoms. The van der Waals surface area contributed by atoms with Crippen LogP contribution in [0.3, 0.4) is 0 Å². The minimum atomic E-state index is 0.148. The molecule has 1 aliphatic rings. The van der Waals surface area contributed by atoms with Crippen LogP contribution < -0.4 is 0 Å². The van der Waals surface area contributed by atoms with Gasteiger partial charge in [0.05, 0.1) is 31.1 Å². The Labute approximate surface area is 141 Å². The Kier molecular flexibility index (Phi) is 4.36. The van der Waals surface area contributed by atoms with Crippen LogP contribution in [0.2, 0.25) is 0 Å². The molecule has 0 spiro atoms. The first kappa shape index (κ1) is 15.1. The summed E-state index contributed by atoms with van der Waals surface area (Å²) in [5, 5.41) is 0. The van der Waals surface area contributed by atoms with E-state index >= 15 is 0 Å². The number of nitrogens with one attached hydrogen (secondary N) is 1. The molecule has 0 aliphatic carbocycles. The van der Waals surface area contributed by atoms with Crippen LogP contribution in [0.5, 0.6) is 0 Å². The summed E-state index contributed by atoms with van der Waals surface area (Å²) in [5.74, 6) is 0.956. The maximum absolute atomic E-state index is 5.71. The van der Waals surface area contributed by atoms with Gasteiger partial charge in [-0.2, -0.15) is 0 Å². The van der Waals surface area contributed by atoms with Crippen molar-refractivity contribution >= 4 is 0 Å². The second-order valence-corrected chi connectivity index (χ2v) is 5.96. The number of H-pyrrole nitrogens is 1. The Morgan fingerprint density at radius 1 is 1.12 bits per heavy atom. The van der Waals surface area contributed by atoms with E-state index in [1.807, 2.05) is 24.4 Å². The van der Waals surface area contributed by atoms with E-state index in [1.54, 1.807) is 12.4 Å². The molecule has 1 N–H and O–H groups in total. The van der Waals surface area contributed by atoms with Crippen molar-refractivity contribution in [1.29, 1.82) is 0 Å². The number of rotatable bonds is 4. The summed E-state index contributed by atoms with van der Waals surface area (Å²) in [5.41, 5.74) is 3.41. The Morgan fingerprint density at radius 3 is 2.79 bits per heavy atom. The van der Waals surface area contributed by atoms with Crippen LogP contribution in [0.15, 0.2) is 61.1 Å². The molecule has 0 amide bonds. The Morgan fingerprint density at radius 2 is 1.96 bits per heavy atom. The van der Waals surface area contributed by atoms with Crippen LogP contribution >= 0.6 is 0 Å². The van der Waals surface area contributed by atoms with Gasteiger partial charge < -0.3 is 9.72 Å². The zero-order valence-corrected chi connectivity index (χ0v) is 13.4. The molecule has 24 heavy (non-hydrogen) atoms. The largest absolute Gasteiger partial charge is 0.378 e. The van der Waals surface area contributed by atoms with Gasteiger partial charge in [0.15, 0.2) is 0 Å². The highest BCUT2D eigenvalue weighted by Crippen LogP contribution is 2.26. The number of hydrogen-bond donors (Lipinski definition) is 1. The van der Waals surface area contributed by atoms with Crippen LogP contribution in [0.4, 0.5) is 0 Å². The minimum absolute atomic E-state index is 0.148. The molecule has 1 aliphatic heterocycles. The lowest BCUT2D eigenvalue weighted by Crippen LogP contribution is -2.39. The highest BCUT2D eigenvalue weighted by molar-refractivity contribution is 5.57. The summed E-state index contributed by atoms with van der Waals surface area (Å²) in [6.07, 6.45) is 5.47. The number of imidazole rings is 1. The number of morpholine rings is 1. The van der Waals surface area contributed by atoms with Crippen molar-refractivity contribution in [2.45, 2.75) is 12.6 Å². The van der Waals surface area contributed by atoms with E-state index in [0.717, 1.165) is 36.8 Å². The molecule has 122 valence electrons. The van der Waals surface area contributed by atoms with Crippen molar-refractivity contribution in [2.24, 2.45) is 0 Å². The van der Waals surface area contributed by atoms with Gasteiger partial charge in [-0.3, -0.25) is 9.88 Å². The topological polar surface area (TPSA) is 54.0 Å². The molecule has 5 nitrogen and oxygen atoms in total. The average Bonchev–Trinajstić information content (AvgIpc) is 3.14. The maximum atomic E-state index is 5.71. The van der Waals surface area contributed by atoms with Crippen molar-refractivity contribution in [3.8, 4) is 11.3 Å². The van der Waals surface area contributed by atoms with E-state index < -0.39 is 0 Å². The zero-order chi connectivity index (χ0) is 16.2. The van der Waals surface area contributed by atoms with E-state index in [2.05, 4.69) is 44.1 Å². The number of aromatic amines is 1. The number of nitrogens with zero attached hydrogens (tertiary/aromatic N) is 3. The molecule has 2 aromatic heterocycles. The van der Waals surface area contributed by atoms with Gasteiger partial charge in [-0.15, -0.1) is 0 Å². The van der Waals surface area contributed by atoms with E-state index in [-0.39, 0.29) is 6.04 Å². The lowest BCUT2D eigenvalue weighted by molar-refractivity contribution is -0.0156. The van der Waals surface area contributed by atoms with Crippen LogP contribution in [-0.4, -0.2) is 39.6 Å². The third-order valence-corrected chi connectivity index (χ3v) is 4.37. The first-order valence-corrected chi connectivity index (χ1v) is 8.21. The van der Waals surface area contributed by atoms with Crippen LogP contribution in [-0.2, 0) is 11.3 Å². The van der Waals surface area contributed by atoms with Gasteiger partial charge in [-0.05, 0) is 17.7 Å². The third-order valence-electron chi connectivity index (χ3n) is 4.37. The number of pyridine rings is 1. The van der Waals surface area contributed by atoms with E-state index in [1.165, 1.54) is 5.56 Å². The van der Waals surface area contributed by atoms with E-state index in [9.17, 15) is 0 Å². The number of benzene rings is 1. The minimum Gasteiger partial charge on any atom is -0.378 e. The Balaban J connectivity index is 1.56. The van der Waals surface area contributed by atoms with Gasteiger partial charge in [-0.25, -0.2) is 4.98 Å². The van der Waals surface area contributed by atoms with Crippen molar-refractivity contribution in [1.82, 2.24) is 19.9 Å². The highest BCUT2D eigenvalue weighted by Gasteiger charge is 2.27. The molecular formula is C19H20N4O. The fourth-order valence-corrected chi connectivity index (χ4v) is 3.08. The summed E-state index contributed by atoms with van der Waals surface area (Å²) in [4.78, 5) is 14.6. The number of aromatic nitrogens is 3. The van der Waals surface area contributed by atoms with Gasteiger partial charge in [0, 0.05) is 31.0 Å². The summed E-state index contributed by atoms with van der Waals surface area (Å²) < 4.78 is 5.71. The average molecular weight is 320 g/mol. The molecule has 1 fully saturated rings. The van der Waals surface area contributed by atoms with Gasteiger partial charge >= 0.3 is 0 Å². The molecule has 0 saturated carbocycles. The maximum Gasteiger partial charge on any atom is 0.126 e. The molecule has 5 heteroatoms. The van der Waals surface area contributed by atoms with E-state index in [0.29, 0.717) is 6.61 Å². The van der Waals surface area contributed by atoms with Crippen molar-refractivity contribution in [2.75, 3.05) is 19.8 Å². The molecule has 1 aromatic carbocycles. The van der Waals surface area contributed by atoms with Crippen LogP contribution in [0, 0.1) is 0 Å². The highest BCUT2D eigenvalue weighted by atomic mass is 16.5. The summed E-state index contributed by atoms with van der Waals surface area (Å²) in [7, 11) is 0. The molecule has 3 heterocycles. The predicted molar refractivity (Wildman–Crippen MR) is 92.2 cm³/mol. The Hall–Kier alpha value is -2.50. The normalized spacial score (nSPS) is 18.6. The third kappa shape index (κ3) is 3.22. The molecule has 1 saturated heterocycles. The predicted octanol–water partition coefficient (Wildman–Crippen LogP) is 3.05. The van der Waals surface area contributed by atoms with Crippen molar-refractivity contribution in [3.63, 3.8) is 0 Å². The Bertz CT molecular complexity index is 772. The molecular weight excluding hydrogens is 300 g/mol. The fourth-order valence-electron chi connectivity index (χ4n) is 3.08. The number of hydrogen-bond acceptors (Lipinski definition) is 4. The van der Waals surface area contributed by atoms with Gasteiger partial charge in [-0.1, -0.05) is 30.3 Å². The lowest BCUT2D eigenvalue weighted by Gasteiger charge is -2.34. The quantitative estimate of drug-likeness (QED) is 0.803. The summed E-state index contributed by atoms with van der Waals surface area (Å²) >= 11 is 0. The van der Waals surface area contributed by atoms with Crippen LogP contribution in [0.1, 0.15) is 17.4 Å². The molecule has 1 atom stereocenters. The second-order valence-electron chi connectivity index (χ2n) is 5.96.